The molecule has 0 fully saturated rings. The normalized spacial score (nSPS) is 12.8. The van der Waals surface area contributed by atoms with Gasteiger partial charge in [-0.3, -0.25) is 4.57 Å². The van der Waals surface area contributed by atoms with Crippen LogP contribution in [0.25, 0.3) is 5.69 Å². The molecule has 6 nitrogen and oxygen atoms in total. The maximum absolute atomic E-state index is 6.11. The van der Waals surface area contributed by atoms with Crippen molar-refractivity contribution in [3.8, 4) is 5.69 Å². The van der Waals surface area contributed by atoms with Gasteiger partial charge in [0.25, 0.3) is 0 Å². The molecule has 160 valence electrons. The van der Waals surface area contributed by atoms with Gasteiger partial charge in [-0.05, 0) is 36.8 Å². The zero-order valence-electron chi connectivity index (χ0n) is 17.9. The maximum Gasteiger partial charge on any atom is 0.239 e. The maximum atomic E-state index is 6.11. The summed E-state index contributed by atoms with van der Waals surface area (Å²) in [6.45, 7) is 8.22. The third-order valence-electron chi connectivity index (χ3n) is 4.73. The molecule has 0 bridgehead atoms. The molecule has 4 rings (SSSR count). The fourth-order valence-corrected chi connectivity index (χ4v) is 4.08. The first-order chi connectivity index (χ1) is 14.8. The Hall–Kier alpha value is -2.64. The van der Waals surface area contributed by atoms with E-state index in [1.165, 1.54) is 17.3 Å². The van der Waals surface area contributed by atoms with Crippen LogP contribution in [0.4, 0.5) is 0 Å². The monoisotopic (exact) mass is 453 g/mol. The van der Waals surface area contributed by atoms with Crippen LogP contribution in [-0.2, 0) is 11.8 Å². The fourth-order valence-electron chi connectivity index (χ4n) is 3.03. The van der Waals surface area contributed by atoms with Crippen molar-refractivity contribution in [2.45, 2.75) is 49.9 Å². The standard InChI is InChI=1S/C23H24ClN5OS/c1-15(20-25-21(28-30-20)23(2,3)4)31-22-27-26-19(14-16-8-6-5-7-9-16)29(22)18-12-10-17(24)11-13-18/h5-13,15H,14H2,1-4H3. The summed E-state index contributed by atoms with van der Waals surface area (Å²) in [4.78, 5) is 4.59. The molecule has 0 saturated heterocycles. The Bertz CT molecular complexity index is 1150. The largest absolute Gasteiger partial charge is 0.338 e. The molecule has 8 heteroatoms. The SMILES string of the molecule is CC(Sc1nnc(Cc2ccccc2)n1-c1ccc(Cl)cc1)c1nc(C(C)(C)C)no1. The van der Waals surface area contributed by atoms with Gasteiger partial charge in [0.2, 0.25) is 5.89 Å². The first-order valence-electron chi connectivity index (χ1n) is 10.1. The molecule has 2 aromatic heterocycles. The van der Waals surface area contributed by atoms with Gasteiger partial charge < -0.3 is 4.52 Å². The average Bonchev–Trinajstić information content (AvgIpc) is 3.38. The Morgan fingerprint density at radius 1 is 1.03 bits per heavy atom. The minimum absolute atomic E-state index is 0.0802. The van der Waals surface area contributed by atoms with Crippen LogP contribution in [-0.4, -0.2) is 24.9 Å². The first kappa shape index (κ1) is 21.6. The molecule has 0 radical (unpaired) electrons. The summed E-state index contributed by atoms with van der Waals surface area (Å²) in [5, 5.41) is 14.5. The molecule has 0 spiro atoms. The molecule has 4 aromatic rings. The third-order valence-corrected chi connectivity index (χ3v) is 6.01. The van der Waals surface area contributed by atoms with Crippen LogP contribution in [0, 0.1) is 0 Å². The van der Waals surface area contributed by atoms with Crippen molar-refractivity contribution in [3.05, 3.63) is 82.7 Å². The molecule has 0 aliphatic rings. The number of thioether (sulfide) groups is 1. The van der Waals surface area contributed by atoms with Gasteiger partial charge in [0.1, 0.15) is 5.82 Å². The van der Waals surface area contributed by atoms with Gasteiger partial charge in [-0.1, -0.05) is 79.6 Å². The molecular formula is C23H24ClN5OS. The molecule has 0 N–H and O–H groups in total. The number of nitrogens with zero attached hydrogens (tertiary/aromatic N) is 5. The van der Waals surface area contributed by atoms with Crippen molar-refractivity contribution in [1.82, 2.24) is 24.9 Å². The van der Waals surface area contributed by atoms with Crippen LogP contribution >= 0.6 is 23.4 Å². The van der Waals surface area contributed by atoms with Crippen LogP contribution in [0.5, 0.6) is 0 Å². The van der Waals surface area contributed by atoms with Gasteiger partial charge in [-0.2, -0.15) is 4.98 Å². The molecule has 0 saturated carbocycles. The van der Waals surface area contributed by atoms with Crippen LogP contribution < -0.4 is 0 Å². The van der Waals surface area contributed by atoms with Crippen molar-refractivity contribution in [1.29, 1.82) is 0 Å². The van der Waals surface area contributed by atoms with Crippen molar-refractivity contribution < 1.29 is 4.52 Å². The molecule has 31 heavy (non-hydrogen) atoms. The number of halogens is 1. The van der Waals surface area contributed by atoms with Gasteiger partial charge in [0.05, 0.1) is 5.25 Å². The lowest BCUT2D eigenvalue weighted by Crippen LogP contribution is -2.13. The van der Waals surface area contributed by atoms with E-state index in [0.29, 0.717) is 23.2 Å². The van der Waals surface area contributed by atoms with E-state index in [0.717, 1.165) is 16.7 Å². The number of hydrogen-bond acceptors (Lipinski definition) is 6. The van der Waals surface area contributed by atoms with E-state index in [2.05, 4.69) is 57.8 Å². The molecule has 1 atom stereocenters. The number of rotatable bonds is 6. The Morgan fingerprint density at radius 3 is 2.39 bits per heavy atom. The van der Waals surface area contributed by atoms with E-state index < -0.39 is 0 Å². The van der Waals surface area contributed by atoms with Gasteiger partial charge >= 0.3 is 0 Å². The van der Waals surface area contributed by atoms with Crippen LogP contribution in [0.1, 0.15) is 56.0 Å². The van der Waals surface area contributed by atoms with Gasteiger partial charge in [-0.15, -0.1) is 10.2 Å². The molecule has 1 unspecified atom stereocenters. The van der Waals surface area contributed by atoms with Crippen molar-refractivity contribution >= 4 is 23.4 Å². The molecule has 0 aliphatic heterocycles. The van der Waals surface area contributed by atoms with Crippen molar-refractivity contribution in [2.75, 3.05) is 0 Å². The van der Waals surface area contributed by atoms with E-state index in [4.69, 9.17) is 16.1 Å². The zero-order valence-corrected chi connectivity index (χ0v) is 19.5. The Labute approximate surface area is 191 Å². The molecular weight excluding hydrogens is 430 g/mol. The highest BCUT2D eigenvalue weighted by molar-refractivity contribution is 7.99. The molecule has 2 heterocycles. The lowest BCUT2D eigenvalue weighted by atomic mass is 9.96. The topological polar surface area (TPSA) is 69.6 Å². The van der Waals surface area contributed by atoms with Crippen LogP contribution in [0.15, 0.2) is 64.3 Å². The Kier molecular flexibility index (Phi) is 6.16. The Balaban J connectivity index is 1.66. The fraction of sp³-hybridized carbons (Fsp3) is 0.304. The van der Waals surface area contributed by atoms with Gasteiger partial charge in [0.15, 0.2) is 11.0 Å². The highest BCUT2D eigenvalue weighted by Crippen LogP contribution is 2.35. The number of hydrogen-bond donors (Lipinski definition) is 0. The van der Waals surface area contributed by atoms with E-state index in [1.54, 1.807) is 0 Å². The summed E-state index contributed by atoms with van der Waals surface area (Å²) in [7, 11) is 0. The van der Waals surface area contributed by atoms with Gasteiger partial charge in [-0.25, -0.2) is 0 Å². The summed E-state index contributed by atoms with van der Waals surface area (Å²) in [5.41, 5.74) is 1.95. The second kappa shape index (κ2) is 8.85. The summed E-state index contributed by atoms with van der Waals surface area (Å²) in [6.07, 6.45) is 0.667. The third kappa shape index (κ3) is 4.99. The molecule has 2 aromatic carbocycles. The lowest BCUT2D eigenvalue weighted by Gasteiger charge is -2.12. The minimum Gasteiger partial charge on any atom is -0.338 e. The van der Waals surface area contributed by atoms with E-state index in [1.807, 2.05) is 49.4 Å². The van der Waals surface area contributed by atoms with E-state index >= 15 is 0 Å². The van der Waals surface area contributed by atoms with E-state index in [-0.39, 0.29) is 10.7 Å². The summed E-state index contributed by atoms with van der Waals surface area (Å²) in [6, 6.07) is 17.9. The number of benzene rings is 2. The average molecular weight is 454 g/mol. The minimum atomic E-state index is -0.168. The lowest BCUT2D eigenvalue weighted by molar-refractivity contribution is 0.364. The van der Waals surface area contributed by atoms with Crippen LogP contribution in [0.3, 0.4) is 0 Å². The second-order valence-corrected chi connectivity index (χ2v) is 10.1. The highest BCUT2D eigenvalue weighted by atomic mass is 35.5. The quantitative estimate of drug-likeness (QED) is 0.331. The summed E-state index contributed by atoms with van der Waals surface area (Å²) in [5.74, 6) is 2.12. The highest BCUT2D eigenvalue weighted by Gasteiger charge is 2.25. The first-order valence-corrected chi connectivity index (χ1v) is 11.3. The smallest absolute Gasteiger partial charge is 0.239 e. The summed E-state index contributed by atoms with van der Waals surface area (Å²) >= 11 is 7.65. The Morgan fingerprint density at radius 2 is 1.74 bits per heavy atom. The number of aromatic nitrogens is 5. The molecule has 0 amide bonds. The second-order valence-electron chi connectivity index (χ2n) is 8.34. The predicted octanol–water partition coefficient (Wildman–Crippen LogP) is 6.05. The van der Waals surface area contributed by atoms with Crippen molar-refractivity contribution in [2.24, 2.45) is 0 Å². The predicted molar refractivity (Wildman–Crippen MR) is 123 cm³/mol. The zero-order chi connectivity index (χ0) is 22.0. The summed E-state index contributed by atoms with van der Waals surface area (Å²) < 4.78 is 7.59. The van der Waals surface area contributed by atoms with Crippen LogP contribution in [0.2, 0.25) is 5.02 Å². The van der Waals surface area contributed by atoms with E-state index in [9.17, 15) is 0 Å². The van der Waals surface area contributed by atoms with Gasteiger partial charge in [0, 0.05) is 22.5 Å². The molecule has 0 aliphatic carbocycles. The van der Waals surface area contributed by atoms with Crippen molar-refractivity contribution in [3.63, 3.8) is 0 Å².